The highest BCUT2D eigenvalue weighted by Gasteiger charge is 2.05. The molecule has 0 aliphatic rings. The number of rotatable bonds is 0. The van der Waals surface area contributed by atoms with Crippen LogP contribution in [-0.2, 0) is 0 Å². The summed E-state index contributed by atoms with van der Waals surface area (Å²) in [5.74, 6) is -0.157. The van der Waals surface area contributed by atoms with Crippen molar-refractivity contribution in [1.82, 2.24) is 4.98 Å². The van der Waals surface area contributed by atoms with Gasteiger partial charge in [-0.1, -0.05) is 0 Å². The number of aryl methyl sites for hydroxylation is 2. The number of thiazole rings is 1. The van der Waals surface area contributed by atoms with E-state index in [1.54, 1.807) is 6.07 Å². The summed E-state index contributed by atoms with van der Waals surface area (Å²) in [7, 11) is 0. The minimum Gasteiger partial charge on any atom is -0.241 e. The van der Waals surface area contributed by atoms with Crippen molar-refractivity contribution in [1.29, 1.82) is 0 Å². The Hall–Kier alpha value is -0.960. The number of fused-ring (bicyclic) bond motifs is 1. The second-order valence-electron chi connectivity index (χ2n) is 2.83. The van der Waals surface area contributed by atoms with E-state index < -0.39 is 0 Å². The maximum atomic E-state index is 13.2. The molecule has 1 heterocycles. The zero-order valence-electron chi connectivity index (χ0n) is 6.89. The Kier molecular flexibility index (Phi) is 1.61. The topological polar surface area (TPSA) is 12.9 Å². The summed E-state index contributed by atoms with van der Waals surface area (Å²) < 4.78 is 13.9. The molecule has 1 nitrogen and oxygen atoms in total. The van der Waals surface area contributed by atoms with Gasteiger partial charge in [0.05, 0.1) is 15.2 Å². The predicted molar refractivity (Wildman–Crippen MR) is 49.1 cm³/mol. The molecule has 0 aliphatic heterocycles. The predicted octanol–water partition coefficient (Wildman–Crippen LogP) is 3.05. The molecule has 1 aromatic heterocycles. The summed E-state index contributed by atoms with van der Waals surface area (Å²) in [5, 5.41) is 0.912. The van der Waals surface area contributed by atoms with Gasteiger partial charge in [-0.15, -0.1) is 11.3 Å². The fourth-order valence-electron chi connectivity index (χ4n) is 1.23. The van der Waals surface area contributed by atoms with Crippen LogP contribution < -0.4 is 0 Å². The van der Waals surface area contributed by atoms with Crippen molar-refractivity contribution < 1.29 is 4.39 Å². The summed E-state index contributed by atoms with van der Waals surface area (Å²) in [6, 6.07) is 3.45. The fourth-order valence-corrected chi connectivity index (χ4v) is 2.04. The number of halogens is 1. The Morgan fingerprint density at radius 3 is 2.83 bits per heavy atom. The highest BCUT2D eigenvalue weighted by Crippen LogP contribution is 2.25. The van der Waals surface area contributed by atoms with Crippen molar-refractivity contribution in [2.24, 2.45) is 0 Å². The lowest BCUT2D eigenvalue weighted by molar-refractivity contribution is 0.640. The van der Waals surface area contributed by atoms with Crippen LogP contribution in [0.15, 0.2) is 12.1 Å². The number of aromatic nitrogens is 1. The molecule has 0 fully saturated rings. The highest BCUT2D eigenvalue weighted by molar-refractivity contribution is 7.18. The van der Waals surface area contributed by atoms with Crippen LogP contribution >= 0.6 is 11.3 Å². The average Bonchev–Trinajstić information content (AvgIpc) is 2.29. The second-order valence-corrected chi connectivity index (χ2v) is 4.03. The van der Waals surface area contributed by atoms with Crippen molar-refractivity contribution in [2.45, 2.75) is 13.8 Å². The number of nitrogens with zero attached hydrogens (tertiary/aromatic N) is 1. The van der Waals surface area contributed by atoms with Crippen molar-refractivity contribution in [2.75, 3.05) is 0 Å². The van der Waals surface area contributed by atoms with Crippen molar-refractivity contribution >= 4 is 21.6 Å². The van der Waals surface area contributed by atoms with Crippen LogP contribution in [0.1, 0.15) is 10.6 Å². The lowest BCUT2D eigenvalue weighted by Crippen LogP contribution is -1.78. The van der Waals surface area contributed by atoms with E-state index in [0.717, 1.165) is 16.1 Å². The van der Waals surface area contributed by atoms with Gasteiger partial charge in [-0.25, -0.2) is 9.37 Å². The molecular weight excluding hydrogens is 173 g/mol. The van der Waals surface area contributed by atoms with Crippen LogP contribution in [0.4, 0.5) is 4.39 Å². The maximum Gasteiger partial charge on any atom is 0.142 e. The molecule has 0 saturated heterocycles. The molecule has 0 bridgehead atoms. The summed E-state index contributed by atoms with van der Waals surface area (Å²) >= 11 is 1.40. The molecule has 12 heavy (non-hydrogen) atoms. The van der Waals surface area contributed by atoms with Gasteiger partial charge < -0.3 is 0 Å². The van der Waals surface area contributed by atoms with Crippen LogP contribution in [-0.4, -0.2) is 4.98 Å². The smallest absolute Gasteiger partial charge is 0.142 e. The van der Waals surface area contributed by atoms with E-state index >= 15 is 0 Å². The first-order chi connectivity index (χ1) is 5.66. The molecule has 0 unspecified atom stereocenters. The van der Waals surface area contributed by atoms with Crippen LogP contribution in [0.2, 0.25) is 0 Å². The third-order valence-corrected chi connectivity index (χ3v) is 2.69. The molecule has 0 atom stereocenters. The number of hydrogen-bond acceptors (Lipinski definition) is 2. The molecule has 0 spiro atoms. The quantitative estimate of drug-likeness (QED) is 0.608. The van der Waals surface area contributed by atoms with Gasteiger partial charge in [0.25, 0.3) is 0 Å². The summed E-state index contributed by atoms with van der Waals surface area (Å²) in [5.41, 5.74) is 1.69. The minimum atomic E-state index is -0.157. The Bertz CT molecular complexity index is 433. The van der Waals surface area contributed by atoms with E-state index in [9.17, 15) is 4.39 Å². The van der Waals surface area contributed by atoms with Crippen LogP contribution in [0, 0.1) is 19.7 Å². The zero-order valence-corrected chi connectivity index (χ0v) is 7.70. The van der Waals surface area contributed by atoms with E-state index in [1.165, 1.54) is 11.3 Å². The average molecular weight is 181 g/mol. The third kappa shape index (κ3) is 1.10. The molecule has 2 aromatic rings. The Balaban J connectivity index is 2.88. The Morgan fingerprint density at radius 1 is 1.33 bits per heavy atom. The Morgan fingerprint density at radius 2 is 2.08 bits per heavy atom. The number of hydrogen-bond donors (Lipinski definition) is 0. The Labute approximate surface area is 73.9 Å². The maximum absolute atomic E-state index is 13.2. The molecule has 1 aromatic carbocycles. The van der Waals surface area contributed by atoms with E-state index in [-0.39, 0.29) is 5.82 Å². The molecule has 0 amide bonds. The standard InChI is InChI=1S/C9H8FNS/c1-5-3-7(10)9-8(4-5)11-6(2)12-9/h3-4H,1-2H3. The largest absolute Gasteiger partial charge is 0.241 e. The van der Waals surface area contributed by atoms with E-state index in [0.29, 0.717) is 4.70 Å². The highest BCUT2D eigenvalue weighted by atomic mass is 32.1. The monoisotopic (exact) mass is 181 g/mol. The van der Waals surface area contributed by atoms with Gasteiger partial charge in [0, 0.05) is 0 Å². The van der Waals surface area contributed by atoms with Crippen molar-refractivity contribution in [3.05, 3.63) is 28.5 Å². The summed E-state index contributed by atoms with van der Waals surface area (Å²) in [6.45, 7) is 3.76. The first-order valence-electron chi connectivity index (χ1n) is 3.70. The lowest BCUT2D eigenvalue weighted by atomic mass is 10.2. The van der Waals surface area contributed by atoms with Gasteiger partial charge >= 0.3 is 0 Å². The SMILES string of the molecule is Cc1cc(F)c2sc(C)nc2c1. The number of benzene rings is 1. The molecule has 0 N–H and O–H groups in total. The molecule has 0 saturated carbocycles. The van der Waals surface area contributed by atoms with Gasteiger partial charge in [0.2, 0.25) is 0 Å². The van der Waals surface area contributed by atoms with Crippen LogP contribution in [0.25, 0.3) is 10.2 Å². The second kappa shape index (κ2) is 2.52. The zero-order chi connectivity index (χ0) is 8.72. The van der Waals surface area contributed by atoms with Crippen molar-refractivity contribution in [3.8, 4) is 0 Å². The summed E-state index contributed by atoms with van der Waals surface area (Å²) in [4.78, 5) is 4.21. The first kappa shape index (κ1) is 7.68. The van der Waals surface area contributed by atoms with Crippen LogP contribution in [0.5, 0.6) is 0 Å². The molecule has 62 valence electrons. The first-order valence-corrected chi connectivity index (χ1v) is 4.52. The van der Waals surface area contributed by atoms with E-state index in [2.05, 4.69) is 4.98 Å². The minimum absolute atomic E-state index is 0.157. The normalized spacial score (nSPS) is 10.9. The molecule has 3 heteroatoms. The van der Waals surface area contributed by atoms with Crippen LogP contribution in [0.3, 0.4) is 0 Å². The molecule has 0 radical (unpaired) electrons. The third-order valence-electron chi connectivity index (χ3n) is 1.70. The molecule has 0 aliphatic carbocycles. The van der Waals surface area contributed by atoms with Gasteiger partial charge in [-0.05, 0) is 31.5 Å². The fraction of sp³-hybridized carbons (Fsp3) is 0.222. The van der Waals surface area contributed by atoms with Gasteiger partial charge in [-0.2, -0.15) is 0 Å². The molecular formula is C9H8FNS. The van der Waals surface area contributed by atoms with Crippen molar-refractivity contribution in [3.63, 3.8) is 0 Å². The molecule has 2 rings (SSSR count). The van der Waals surface area contributed by atoms with E-state index in [1.807, 2.05) is 19.9 Å². The van der Waals surface area contributed by atoms with Gasteiger partial charge in [0.15, 0.2) is 0 Å². The van der Waals surface area contributed by atoms with Gasteiger partial charge in [0.1, 0.15) is 5.82 Å². The van der Waals surface area contributed by atoms with E-state index in [4.69, 9.17) is 0 Å². The van der Waals surface area contributed by atoms with Gasteiger partial charge in [-0.3, -0.25) is 0 Å². The summed E-state index contributed by atoms with van der Waals surface area (Å²) in [6.07, 6.45) is 0. The lowest BCUT2D eigenvalue weighted by Gasteiger charge is -1.92.